The van der Waals surface area contributed by atoms with Gasteiger partial charge in [0, 0.05) is 37.9 Å². The first-order valence-corrected chi connectivity index (χ1v) is 12.4. The van der Waals surface area contributed by atoms with Crippen LogP contribution >= 0.6 is 15.9 Å². The zero-order chi connectivity index (χ0) is 22.8. The number of hydrogen-bond donors (Lipinski definition) is 0. The van der Waals surface area contributed by atoms with Crippen LogP contribution in [0.3, 0.4) is 0 Å². The molecule has 4 saturated heterocycles. The predicted octanol–water partition coefficient (Wildman–Crippen LogP) is 4.39. The highest BCUT2D eigenvalue weighted by atomic mass is 79.9. The molecule has 0 amide bonds. The van der Waals surface area contributed by atoms with Gasteiger partial charge in [-0.2, -0.15) is 9.97 Å². The summed E-state index contributed by atoms with van der Waals surface area (Å²) in [6.45, 7) is 3.57. The van der Waals surface area contributed by atoms with Crippen molar-refractivity contribution in [3.05, 3.63) is 22.2 Å². The van der Waals surface area contributed by atoms with E-state index in [9.17, 15) is 8.78 Å². The molecule has 4 aliphatic rings. The summed E-state index contributed by atoms with van der Waals surface area (Å²) in [5.41, 5.74) is -0.575. The van der Waals surface area contributed by atoms with Crippen LogP contribution in [0.4, 0.5) is 19.0 Å². The van der Waals surface area contributed by atoms with Crippen LogP contribution in [0.2, 0.25) is 0 Å². The quantitative estimate of drug-likeness (QED) is 0.551. The Labute approximate surface area is 198 Å². The molecule has 1 aromatic heterocycles. The van der Waals surface area contributed by atoms with Gasteiger partial charge in [0.15, 0.2) is 5.82 Å². The highest BCUT2D eigenvalue weighted by Crippen LogP contribution is 2.42. The summed E-state index contributed by atoms with van der Waals surface area (Å²) in [5.74, 6) is -1.04. The number of halogens is 4. The topological polar surface area (TPSA) is 50.7 Å². The van der Waals surface area contributed by atoms with Crippen LogP contribution in [0.1, 0.15) is 38.5 Å². The van der Waals surface area contributed by atoms with E-state index < -0.39 is 17.8 Å². The molecule has 1 spiro atoms. The van der Waals surface area contributed by atoms with Crippen molar-refractivity contribution < 1.29 is 22.6 Å². The Hall–Kier alpha value is -1.65. The minimum Gasteiger partial charge on any atom is -0.461 e. The van der Waals surface area contributed by atoms with E-state index in [0.29, 0.717) is 37.3 Å². The first kappa shape index (κ1) is 21.9. The summed E-state index contributed by atoms with van der Waals surface area (Å²) < 4.78 is 55.3. The van der Waals surface area contributed by atoms with Gasteiger partial charge < -0.3 is 14.4 Å². The molecule has 4 aliphatic heterocycles. The number of anilines is 1. The standard InChI is InChI=1S/C23H26BrF3N4O2/c24-17-16(26)9-15-19(18(17)27)28-21(32-13-22-3-1-7-31(22)11-14(25)10-22)29-20(15)30-6-2-4-23(12-30)5-8-33-23/h9,14H,1-8,10-13H2/t14-,22+,23?/m1/s1. The fourth-order valence-electron chi connectivity index (χ4n) is 6.08. The summed E-state index contributed by atoms with van der Waals surface area (Å²) in [5, 5.41) is 0.308. The lowest BCUT2D eigenvalue weighted by atomic mass is 9.86. The molecule has 0 N–H and O–H groups in total. The summed E-state index contributed by atoms with van der Waals surface area (Å²) in [6, 6.07) is 1.31. The van der Waals surface area contributed by atoms with E-state index in [-0.39, 0.29) is 33.7 Å². The predicted molar refractivity (Wildman–Crippen MR) is 120 cm³/mol. The number of fused-ring (bicyclic) bond motifs is 2. The Morgan fingerprint density at radius 3 is 2.79 bits per heavy atom. The van der Waals surface area contributed by atoms with E-state index in [2.05, 4.69) is 30.8 Å². The number of aromatic nitrogens is 2. The van der Waals surface area contributed by atoms with Crippen molar-refractivity contribution in [2.45, 2.75) is 55.8 Å². The summed E-state index contributed by atoms with van der Waals surface area (Å²) in [6.07, 6.45) is 4.23. The average Bonchev–Trinajstić information content (AvgIpc) is 3.31. The van der Waals surface area contributed by atoms with E-state index in [0.717, 1.165) is 45.3 Å². The first-order valence-electron chi connectivity index (χ1n) is 11.6. The van der Waals surface area contributed by atoms with Crippen molar-refractivity contribution in [2.75, 3.05) is 44.3 Å². The third kappa shape index (κ3) is 3.60. The van der Waals surface area contributed by atoms with Crippen molar-refractivity contribution in [1.29, 1.82) is 0 Å². The van der Waals surface area contributed by atoms with E-state index in [1.807, 2.05) is 4.90 Å². The molecular weight excluding hydrogens is 501 g/mol. The Bertz CT molecular complexity index is 1100. The molecule has 0 bridgehead atoms. The van der Waals surface area contributed by atoms with E-state index in [4.69, 9.17) is 9.47 Å². The Kier molecular flexibility index (Phi) is 5.26. The van der Waals surface area contributed by atoms with Crippen LogP contribution in [-0.2, 0) is 4.74 Å². The Balaban J connectivity index is 1.37. The van der Waals surface area contributed by atoms with Gasteiger partial charge in [0.1, 0.15) is 29.9 Å². The van der Waals surface area contributed by atoms with Gasteiger partial charge in [-0.25, -0.2) is 13.2 Å². The fourth-order valence-corrected chi connectivity index (χ4v) is 6.38. The molecule has 33 heavy (non-hydrogen) atoms. The minimum absolute atomic E-state index is 0.00740. The highest BCUT2D eigenvalue weighted by Gasteiger charge is 2.49. The lowest BCUT2D eigenvalue weighted by molar-refractivity contribution is -0.151. The Morgan fingerprint density at radius 1 is 1.18 bits per heavy atom. The van der Waals surface area contributed by atoms with Crippen molar-refractivity contribution in [3.63, 3.8) is 0 Å². The molecule has 1 aromatic carbocycles. The highest BCUT2D eigenvalue weighted by molar-refractivity contribution is 9.10. The molecular formula is C23H26BrF3N4O2. The largest absolute Gasteiger partial charge is 0.461 e. The number of benzene rings is 1. The third-order valence-electron chi connectivity index (χ3n) is 7.82. The second kappa shape index (κ2) is 7.95. The number of alkyl halides is 1. The second-order valence-electron chi connectivity index (χ2n) is 9.88. The van der Waals surface area contributed by atoms with Gasteiger partial charge in [0.2, 0.25) is 0 Å². The van der Waals surface area contributed by atoms with Crippen LogP contribution in [0, 0.1) is 11.6 Å². The number of nitrogens with zero attached hydrogens (tertiary/aromatic N) is 4. The number of piperidine rings is 1. The molecule has 0 aliphatic carbocycles. The first-order chi connectivity index (χ1) is 15.9. The third-order valence-corrected chi connectivity index (χ3v) is 8.55. The normalized spacial score (nSPS) is 31.9. The zero-order valence-electron chi connectivity index (χ0n) is 18.3. The lowest BCUT2D eigenvalue weighted by Gasteiger charge is -2.48. The van der Waals surface area contributed by atoms with Crippen LogP contribution in [0.15, 0.2) is 10.5 Å². The monoisotopic (exact) mass is 526 g/mol. The van der Waals surface area contributed by atoms with Crippen LogP contribution in [0.25, 0.3) is 10.9 Å². The molecule has 5 heterocycles. The second-order valence-corrected chi connectivity index (χ2v) is 10.7. The molecule has 3 atom stereocenters. The van der Waals surface area contributed by atoms with Crippen molar-refractivity contribution in [1.82, 2.24) is 14.9 Å². The van der Waals surface area contributed by atoms with Gasteiger partial charge in [-0.05, 0) is 54.2 Å². The van der Waals surface area contributed by atoms with Crippen LogP contribution in [0.5, 0.6) is 6.01 Å². The lowest BCUT2D eigenvalue weighted by Crippen LogP contribution is -2.56. The van der Waals surface area contributed by atoms with Crippen molar-refractivity contribution >= 4 is 32.7 Å². The molecule has 10 heteroatoms. The van der Waals surface area contributed by atoms with E-state index in [1.54, 1.807) is 0 Å². The van der Waals surface area contributed by atoms with Gasteiger partial charge >= 0.3 is 6.01 Å². The van der Waals surface area contributed by atoms with Gasteiger partial charge in [-0.1, -0.05) is 0 Å². The SMILES string of the molecule is Fc1cc2c(N3CCCC4(CCO4)C3)nc(OC[C@@]34CCCN3C[C@H](F)C4)nc2c(F)c1Br. The van der Waals surface area contributed by atoms with Gasteiger partial charge in [-0.15, -0.1) is 0 Å². The molecule has 178 valence electrons. The smallest absolute Gasteiger partial charge is 0.319 e. The number of rotatable bonds is 4. The molecule has 6 rings (SSSR count). The van der Waals surface area contributed by atoms with Crippen molar-refractivity contribution in [2.24, 2.45) is 0 Å². The van der Waals surface area contributed by atoms with E-state index in [1.165, 1.54) is 6.07 Å². The Morgan fingerprint density at radius 2 is 2.00 bits per heavy atom. The zero-order valence-corrected chi connectivity index (χ0v) is 19.8. The average molecular weight is 527 g/mol. The summed E-state index contributed by atoms with van der Waals surface area (Å²) in [7, 11) is 0. The molecule has 6 nitrogen and oxygen atoms in total. The minimum atomic E-state index is -0.870. The molecule has 0 saturated carbocycles. The maximum atomic E-state index is 15.1. The molecule has 0 radical (unpaired) electrons. The summed E-state index contributed by atoms with van der Waals surface area (Å²) >= 11 is 2.99. The van der Waals surface area contributed by atoms with Crippen LogP contribution in [-0.4, -0.2) is 71.6 Å². The number of hydrogen-bond acceptors (Lipinski definition) is 6. The molecule has 1 unspecified atom stereocenters. The number of ether oxygens (including phenoxy) is 2. The van der Waals surface area contributed by atoms with Gasteiger partial charge in [0.05, 0.1) is 22.2 Å². The van der Waals surface area contributed by atoms with Crippen LogP contribution < -0.4 is 9.64 Å². The van der Waals surface area contributed by atoms with E-state index >= 15 is 4.39 Å². The maximum absolute atomic E-state index is 15.1. The van der Waals surface area contributed by atoms with Crippen molar-refractivity contribution in [3.8, 4) is 6.01 Å². The fraction of sp³-hybridized carbons (Fsp3) is 0.652. The maximum Gasteiger partial charge on any atom is 0.319 e. The van der Waals surface area contributed by atoms with Gasteiger partial charge in [0.25, 0.3) is 0 Å². The van der Waals surface area contributed by atoms with Gasteiger partial charge in [-0.3, -0.25) is 4.90 Å². The molecule has 2 aromatic rings. The molecule has 4 fully saturated rings. The summed E-state index contributed by atoms with van der Waals surface area (Å²) in [4.78, 5) is 13.1.